The summed E-state index contributed by atoms with van der Waals surface area (Å²) in [6, 6.07) is 7.45. The van der Waals surface area contributed by atoms with Crippen LogP contribution in [-0.4, -0.2) is 21.4 Å². The van der Waals surface area contributed by atoms with Gasteiger partial charge in [-0.2, -0.15) is 0 Å². The summed E-state index contributed by atoms with van der Waals surface area (Å²) in [5.74, 6) is 0.390. The van der Waals surface area contributed by atoms with Gasteiger partial charge in [-0.05, 0) is 38.5 Å². The molecular formula is C14H23ClN2O2S. The maximum absolute atomic E-state index is 12.1. The van der Waals surface area contributed by atoms with E-state index in [2.05, 4.69) is 5.32 Å². The third kappa shape index (κ3) is 6.50. The Hall–Kier alpha value is -0.910. The maximum Gasteiger partial charge on any atom is 0.225 e. The molecular weight excluding hydrogens is 296 g/mol. The Bertz CT molecular complexity index is 472. The molecule has 0 radical (unpaired) electrons. The predicted molar refractivity (Wildman–Crippen MR) is 87.6 cm³/mol. The molecule has 0 heterocycles. The van der Waals surface area contributed by atoms with Crippen LogP contribution >= 0.6 is 12.4 Å². The molecule has 0 fully saturated rings. The first-order chi connectivity index (χ1) is 8.82. The average molecular weight is 319 g/mol. The van der Waals surface area contributed by atoms with Gasteiger partial charge in [0.05, 0.1) is 0 Å². The molecule has 1 aromatic rings. The predicted octanol–water partition coefficient (Wildman–Crippen LogP) is 2.44. The van der Waals surface area contributed by atoms with E-state index in [1.165, 1.54) is 0 Å². The van der Waals surface area contributed by atoms with Crippen LogP contribution in [0.4, 0.5) is 5.69 Å². The van der Waals surface area contributed by atoms with Gasteiger partial charge in [-0.25, -0.2) is 0 Å². The Morgan fingerprint density at radius 2 is 2.00 bits per heavy atom. The van der Waals surface area contributed by atoms with Crippen LogP contribution in [0.2, 0.25) is 0 Å². The van der Waals surface area contributed by atoms with Crippen LogP contribution < -0.4 is 11.1 Å². The standard InChI is InChI=1S/C14H22N2O2S.ClH/c1-14(2,3)19(18)10-11-5-4-6-12(9-11)16-13(17)7-8-15;/h4-6,9H,7-8,10,15H2,1-3H3,(H,16,17);1H. The fraction of sp³-hybridized carbons (Fsp3) is 0.500. The minimum Gasteiger partial charge on any atom is -0.330 e. The number of amides is 1. The summed E-state index contributed by atoms with van der Waals surface area (Å²) >= 11 is 0. The van der Waals surface area contributed by atoms with E-state index < -0.39 is 10.8 Å². The smallest absolute Gasteiger partial charge is 0.225 e. The highest BCUT2D eigenvalue weighted by Gasteiger charge is 2.19. The Kier molecular flexibility index (Phi) is 8.01. The van der Waals surface area contributed by atoms with Gasteiger partial charge in [0.2, 0.25) is 5.91 Å². The summed E-state index contributed by atoms with van der Waals surface area (Å²) in [6.45, 7) is 6.20. The zero-order valence-electron chi connectivity index (χ0n) is 12.1. The zero-order chi connectivity index (χ0) is 14.5. The fourth-order valence-electron chi connectivity index (χ4n) is 1.46. The van der Waals surface area contributed by atoms with Gasteiger partial charge in [0.1, 0.15) is 0 Å². The highest BCUT2D eigenvalue weighted by Crippen LogP contribution is 2.18. The van der Waals surface area contributed by atoms with Crippen molar-refractivity contribution in [2.24, 2.45) is 5.73 Å². The second kappa shape index (κ2) is 8.39. The zero-order valence-corrected chi connectivity index (χ0v) is 13.8. The number of anilines is 1. The first-order valence-corrected chi connectivity index (χ1v) is 7.62. The summed E-state index contributed by atoms with van der Waals surface area (Å²) < 4.78 is 11.8. The third-order valence-electron chi connectivity index (χ3n) is 2.56. The third-order valence-corrected chi connectivity index (χ3v) is 4.52. The molecule has 1 unspecified atom stereocenters. The number of hydrogen-bond donors (Lipinski definition) is 2. The normalized spacial score (nSPS) is 12.4. The number of benzene rings is 1. The first-order valence-electron chi connectivity index (χ1n) is 6.30. The van der Waals surface area contributed by atoms with Crippen molar-refractivity contribution in [3.05, 3.63) is 29.8 Å². The minimum atomic E-state index is -0.945. The Morgan fingerprint density at radius 1 is 1.35 bits per heavy atom. The quantitative estimate of drug-likeness (QED) is 0.876. The molecule has 0 saturated heterocycles. The second-order valence-corrected chi connectivity index (χ2v) is 7.59. The Balaban J connectivity index is 0.00000361. The van der Waals surface area contributed by atoms with E-state index in [1.54, 1.807) is 0 Å². The second-order valence-electron chi connectivity index (χ2n) is 5.39. The van der Waals surface area contributed by atoms with Crippen molar-refractivity contribution in [3.8, 4) is 0 Å². The van der Waals surface area contributed by atoms with Gasteiger partial charge in [0.25, 0.3) is 0 Å². The average Bonchev–Trinajstić information content (AvgIpc) is 2.28. The summed E-state index contributed by atoms with van der Waals surface area (Å²) in [4.78, 5) is 11.5. The first kappa shape index (κ1) is 19.1. The van der Waals surface area contributed by atoms with Crippen molar-refractivity contribution in [2.45, 2.75) is 37.7 Å². The van der Waals surface area contributed by atoms with E-state index >= 15 is 0 Å². The molecule has 0 aliphatic heterocycles. The highest BCUT2D eigenvalue weighted by molar-refractivity contribution is 7.85. The van der Waals surface area contributed by atoms with Crippen LogP contribution in [0.25, 0.3) is 0 Å². The monoisotopic (exact) mass is 318 g/mol. The molecule has 114 valence electrons. The van der Waals surface area contributed by atoms with Crippen LogP contribution in [0.3, 0.4) is 0 Å². The summed E-state index contributed by atoms with van der Waals surface area (Å²) in [5, 5.41) is 2.78. The summed E-state index contributed by atoms with van der Waals surface area (Å²) in [5.41, 5.74) is 7.01. The highest BCUT2D eigenvalue weighted by atomic mass is 35.5. The molecule has 1 aromatic carbocycles. The lowest BCUT2D eigenvalue weighted by Gasteiger charge is -2.18. The molecule has 1 atom stereocenters. The Morgan fingerprint density at radius 3 is 2.55 bits per heavy atom. The minimum absolute atomic E-state index is 0. The van der Waals surface area contributed by atoms with Gasteiger partial charge in [0.15, 0.2) is 0 Å². The van der Waals surface area contributed by atoms with Gasteiger partial charge in [0, 0.05) is 40.0 Å². The van der Waals surface area contributed by atoms with Gasteiger partial charge in [-0.3, -0.25) is 9.00 Å². The lowest BCUT2D eigenvalue weighted by molar-refractivity contribution is -0.116. The van der Waals surface area contributed by atoms with Crippen LogP contribution in [0.1, 0.15) is 32.8 Å². The van der Waals surface area contributed by atoms with Gasteiger partial charge < -0.3 is 11.1 Å². The number of hydrogen-bond acceptors (Lipinski definition) is 3. The number of carbonyl (C=O) groups is 1. The molecule has 0 saturated carbocycles. The van der Waals surface area contributed by atoms with E-state index in [1.807, 2.05) is 45.0 Å². The van der Waals surface area contributed by atoms with Gasteiger partial charge in [-0.1, -0.05) is 12.1 Å². The topological polar surface area (TPSA) is 72.2 Å². The number of nitrogens with one attached hydrogen (secondary N) is 1. The van der Waals surface area contributed by atoms with Crippen molar-refractivity contribution < 1.29 is 9.00 Å². The van der Waals surface area contributed by atoms with Crippen molar-refractivity contribution in [2.75, 3.05) is 11.9 Å². The molecule has 0 spiro atoms. The van der Waals surface area contributed by atoms with Gasteiger partial charge >= 0.3 is 0 Å². The van der Waals surface area contributed by atoms with E-state index in [9.17, 15) is 9.00 Å². The summed E-state index contributed by atoms with van der Waals surface area (Å²) in [6.07, 6.45) is 0.304. The fourth-order valence-corrected chi connectivity index (χ4v) is 2.38. The number of halogens is 1. The van der Waals surface area contributed by atoms with Gasteiger partial charge in [-0.15, -0.1) is 12.4 Å². The number of carbonyl (C=O) groups excluding carboxylic acids is 1. The molecule has 0 bridgehead atoms. The van der Waals surface area contributed by atoms with Crippen molar-refractivity contribution >= 4 is 34.8 Å². The molecule has 1 rings (SSSR count). The lowest BCUT2D eigenvalue weighted by Crippen LogP contribution is -2.23. The molecule has 20 heavy (non-hydrogen) atoms. The molecule has 1 amide bonds. The van der Waals surface area contributed by atoms with E-state index in [4.69, 9.17) is 5.73 Å². The lowest BCUT2D eigenvalue weighted by atomic mass is 10.2. The van der Waals surface area contributed by atoms with Crippen molar-refractivity contribution in [3.63, 3.8) is 0 Å². The number of rotatable bonds is 5. The molecule has 0 aromatic heterocycles. The van der Waals surface area contributed by atoms with E-state index in [-0.39, 0.29) is 23.1 Å². The van der Waals surface area contributed by atoms with E-state index in [0.29, 0.717) is 18.7 Å². The van der Waals surface area contributed by atoms with E-state index in [0.717, 1.165) is 11.3 Å². The van der Waals surface area contributed by atoms with Crippen molar-refractivity contribution in [1.82, 2.24) is 0 Å². The van der Waals surface area contributed by atoms with Crippen LogP contribution in [-0.2, 0) is 21.3 Å². The van der Waals surface area contributed by atoms with Crippen molar-refractivity contribution in [1.29, 1.82) is 0 Å². The summed E-state index contributed by atoms with van der Waals surface area (Å²) in [7, 11) is -0.945. The molecule has 0 aliphatic rings. The van der Waals surface area contributed by atoms with Crippen LogP contribution in [0.15, 0.2) is 24.3 Å². The van der Waals surface area contributed by atoms with Crippen LogP contribution in [0, 0.1) is 0 Å². The molecule has 4 nitrogen and oxygen atoms in total. The SMILES string of the molecule is CC(C)(C)S(=O)Cc1cccc(NC(=O)CCN)c1.Cl. The molecule has 6 heteroatoms. The molecule has 3 N–H and O–H groups in total. The maximum atomic E-state index is 12.1. The number of nitrogens with two attached hydrogens (primary N) is 1. The molecule has 0 aliphatic carbocycles. The largest absolute Gasteiger partial charge is 0.330 e. The van der Waals surface area contributed by atoms with Crippen LogP contribution in [0.5, 0.6) is 0 Å². The Labute approximate surface area is 129 Å².